The van der Waals surface area contributed by atoms with E-state index in [1.54, 1.807) is 0 Å². The SMILES string of the molecule is CC(CCOC(C#[N+][O-])(c1ccccc1)c1ccccc1)OC(C#[N+][O-])(c1ccccc1)c1ccccc1. The van der Waals surface area contributed by atoms with Gasteiger partial charge in [0.1, 0.15) is 0 Å². The fraction of sp³-hybridized carbons (Fsp3) is 0.188. The van der Waals surface area contributed by atoms with E-state index in [0.29, 0.717) is 6.42 Å². The maximum Gasteiger partial charge on any atom is 0.344 e. The molecule has 0 N–H and O–H groups in total. The maximum atomic E-state index is 11.6. The molecule has 0 saturated carbocycles. The Morgan fingerprint density at radius 2 is 0.947 bits per heavy atom. The Kier molecular flexibility index (Phi) is 8.74. The van der Waals surface area contributed by atoms with E-state index in [2.05, 4.69) is 22.2 Å². The van der Waals surface area contributed by atoms with Crippen LogP contribution in [0.3, 0.4) is 0 Å². The summed E-state index contributed by atoms with van der Waals surface area (Å²) in [5.74, 6) is 0. The Morgan fingerprint density at radius 3 is 1.32 bits per heavy atom. The van der Waals surface area contributed by atoms with Gasteiger partial charge in [0, 0.05) is 32.3 Å². The molecule has 38 heavy (non-hydrogen) atoms. The van der Waals surface area contributed by atoms with Crippen LogP contribution in [0.4, 0.5) is 0 Å². The Bertz CT molecular complexity index is 1330. The molecule has 0 aliphatic heterocycles. The van der Waals surface area contributed by atoms with Crippen LogP contribution in [-0.2, 0) is 20.7 Å². The van der Waals surface area contributed by atoms with Crippen LogP contribution in [0.1, 0.15) is 35.6 Å². The van der Waals surface area contributed by atoms with Gasteiger partial charge in [-0.2, -0.15) is 0 Å². The minimum Gasteiger partial charge on any atom is -0.498 e. The molecule has 6 nitrogen and oxygen atoms in total. The Morgan fingerprint density at radius 1 is 0.605 bits per heavy atom. The van der Waals surface area contributed by atoms with Crippen LogP contribution in [-0.4, -0.2) is 12.7 Å². The number of benzene rings is 4. The van der Waals surface area contributed by atoms with Crippen LogP contribution < -0.4 is 0 Å². The Balaban J connectivity index is 1.62. The number of nitrogens with zero attached hydrogens (tertiary/aromatic N) is 2. The van der Waals surface area contributed by atoms with Gasteiger partial charge in [-0.3, -0.25) is 0 Å². The summed E-state index contributed by atoms with van der Waals surface area (Å²) >= 11 is 0. The van der Waals surface area contributed by atoms with E-state index in [0.717, 1.165) is 22.3 Å². The quantitative estimate of drug-likeness (QED) is 0.212. The molecule has 0 aliphatic carbocycles. The average Bonchev–Trinajstić information content (AvgIpc) is 2.98. The highest BCUT2D eigenvalue weighted by molar-refractivity contribution is 5.45. The molecule has 0 spiro atoms. The van der Waals surface area contributed by atoms with Gasteiger partial charge in [-0.15, -0.1) is 0 Å². The first-order valence-electron chi connectivity index (χ1n) is 12.4. The van der Waals surface area contributed by atoms with E-state index in [9.17, 15) is 10.4 Å². The minimum absolute atomic E-state index is 0.210. The zero-order valence-electron chi connectivity index (χ0n) is 21.1. The molecule has 1 unspecified atom stereocenters. The number of hydrogen-bond acceptors (Lipinski definition) is 4. The monoisotopic (exact) mass is 504 g/mol. The number of hydrogen-bond donors (Lipinski definition) is 0. The van der Waals surface area contributed by atoms with Gasteiger partial charge in [0.25, 0.3) is 11.2 Å². The highest BCUT2D eigenvalue weighted by Crippen LogP contribution is 2.37. The lowest BCUT2D eigenvalue weighted by Gasteiger charge is -2.30. The zero-order chi connectivity index (χ0) is 26.7. The van der Waals surface area contributed by atoms with Gasteiger partial charge >= 0.3 is 12.1 Å². The van der Waals surface area contributed by atoms with Crippen LogP contribution in [0, 0.1) is 22.6 Å². The molecule has 6 heteroatoms. The molecule has 0 fully saturated rings. The Hall–Kier alpha value is -4.62. The fourth-order valence-electron chi connectivity index (χ4n) is 4.51. The second-order valence-corrected chi connectivity index (χ2v) is 8.80. The average molecular weight is 505 g/mol. The van der Waals surface area contributed by atoms with Crippen molar-refractivity contribution in [3.8, 4) is 12.1 Å². The van der Waals surface area contributed by atoms with Crippen molar-refractivity contribution in [3.05, 3.63) is 164 Å². The van der Waals surface area contributed by atoms with Crippen molar-refractivity contribution in [2.45, 2.75) is 30.7 Å². The molecule has 4 rings (SSSR count). The normalized spacial score (nSPS) is 11.9. The van der Waals surface area contributed by atoms with E-state index < -0.39 is 17.3 Å². The molecule has 0 bridgehead atoms. The van der Waals surface area contributed by atoms with Crippen LogP contribution in [0.25, 0.3) is 10.0 Å². The lowest BCUT2D eigenvalue weighted by atomic mass is 9.87. The molecule has 0 amide bonds. The van der Waals surface area contributed by atoms with Crippen LogP contribution in [0.2, 0.25) is 0 Å². The second kappa shape index (κ2) is 12.6. The smallest absolute Gasteiger partial charge is 0.344 e. The molecule has 4 aromatic rings. The predicted molar refractivity (Wildman–Crippen MR) is 150 cm³/mol. The van der Waals surface area contributed by atoms with E-state index in [1.165, 1.54) is 0 Å². The first kappa shape index (κ1) is 26.4. The van der Waals surface area contributed by atoms with Crippen LogP contribution in [0.15, 0.2) is 121 Å². The molecule has 190 valence electrons. The minimum atomic E-state index is -1.30. The molecule has 0 heterocycles. The van der Waals surface area contributed by atoms with E-state index >= 15 is 0 Å². The largest absolute Gasteiger partial charge is 0.498 e. The maximum absolute atomic E-state index is 11.6. The summed E-state index contributed by atoms with van der Waals surface area (Å²) in [6.07, 6.45) is 0.0438. The molecule has 1 atom stereocenters. The van der Waals surface area contributed by atoms with E-state index in [-0.39, 0.29) is 6.61 Å². The standard InChI is InChI=1S/C32H28N2O4/c1-26(38-32(25-34-36,29-18-10-4-11-19-29)30-20-12-5-13-21-30)22-23-37-31(24-33-35,27-14-6-2-7-15-27)28-16-8-3-9-17-28/h2-21,26H,22-23H2,1H3. The van der Waals surface area contributed by atoms with Crippen LogP contribution in [0.5, 0.6) is 0 Å². The molecule has 0 radical (unpaired) electrons. The molecular formula is C32H28N2O4. The van der Waals surface area contributed by atoms with Gasteiger partial charge in [-0.1, -0.05) is 121 Å². The highest BCUT2D eigenvalue weighted by atomic mass is 16.5. The Labute approximate surface area is 222 Å². The summed E-state index contributed by atoms with van der Waals surface area (Å²) in [5.41, 5.74) is 0.329. The summed E-state index contributed by atoms with van der Waals surface area (Å²) in [7, 11) is 0. The third kappa shape index (κ3) is 5.68. The van der Waals surface area contributed by atoms with E-state index in [4.69, 9.17) is 9.47 Å². The topological polar surface area (TPSA) is 73.3 Å². The van der Waals surface area contributed by atoms with Crippen LogP contribution >= 0.6 is 0 Å². The first-order chi connectivity index (χ1) is 18.6. The van der Waals surface area contributed by atoms with Crippen molar-refractivity contribution in [3.63, 3.8) is 0 Å². The first-order valence-corrected chi connectivity index (χ1v) is 12.4. The lowest BCUT2D eigenvalue weighted by Crippen LogP contribution is -2.35. The van der Waals surface area contributed by atoms with Gasteiger partial charge in [0.2, 0.25) is 0 Å². The van der Waals surface area contributed by atoms with E-state index in [1.807, 2.05) is 128 Å². The molecule has 4 aromatic carbocycles. The molecule has 0 aromatic heterocycles. The summed E-state index contributed by atoms with van der Waals surface area (Å²) in [5, 5.41) is 29.1. The van der Waals surface area contributed by atoms with Crippen molar-refractivity contribution >= 4 is 0 Å². The zero-order valence-corrected chi connectivity index (χ0v) is 21.1. The van der Waals surface area contributed by atoms with Gasteiger partial charge in [-0.05, 0) is 13.3 Å². The summed E-state index contributed by atoms with van der Waals surface area (Å²) < 4.78 is 13.0. The molecular weight excluding hydrogens is 476 g/mol. The molecule has 0 aliphatic rings. The second-order valence-electron chi connectivity index (χ2n) is 8.80. The lowest BCUT2D eigenvalue weighted by molar-refractivity contribution is -0.0548. The van der Waals surface area contributed by atoms with Gasteiger partial charge < -0.3 is 19.9 Å². The van der Waals surface area contributed by atoms with Crippen molar-refractivity contribution in [2.24, 2.45) is 0 Å². The van der Waals surface area contributed by atoms with Crippen molar-refractivity contribution < 1.29 is 9.47 Å². The predicted octanol–water partition coefficient (Wildman–Crippen LogP) is 7.35. The van der Waals surface area contributed by atoms with Crippen molar-refractivity contribution in [2.75, 3.05) is 6.61 Å². The highest BCUT2D eigenvalue weighted by Gasteiger charge is 2.43. The third-order valence-electron chi connectivity index (χ3n) is 6.35. The number of rotatable bonds is 10. The molecule has 0 saturated heterocycles. The summed E-state index contributed by atoms with van der Waals surface area (Å²) in [6.45, 7) is 2.11. The van der Waals surface area contributed by atoms with Crippen molar-refractivity contribution in [1.82, 2.24) is 0 Å². The number of ether oxygens (including phenoxy) is 2. The van der Waals surface area contributed by atoms with Crippen molar-refractivity contribution in [1.29, 1.82) is 0 Å². The third-order valence-corrected chi connectivity index (χ3v) is 6.35. The van der Waals surface area contributed by atoms with Gasteiger partial charge in [-0.25, -0.2) is 0 Å². The van der Waals surface area contributed by atoms with Gasteiger partial charge in [0.15, 0.2) is 0 Å². The summed E-state index contributed by atoms with van der Waals surface area (Å²) in [4.78, 5) is 0. The fourth-order valence-corrected chi connectivity index (χ4v) is 4.51. The summed E-state index contributed by atoms with van der Waals surface area (Å²) in [6, 6.07) is 42.9. The van der Waals surface area contributed by atoms with Gasteiger partial charge in [0.05, 0.1) is 12.7 Å².